The molecule has 116 valence electrons. The van der Waals surface area contributed by atoms with Crippen LogP contribution in [0, 0.1) is 0 Å². The first kappa shape index (κ1) is 16.0. The highest BCUT2D eigenvalue weighted by molar-refractivity contribution is 9.10. The van der Waals surface area contributed by atoms with Crippen LogP contribution in [0.1, 0.15) is 19.9 Å². The Balaban J connectivity index is 2.01. The maximum absolute atomic E-state index is 12.1. The first-order chi connectivity index (χ1) is 10.0. The number of hydrogen-bond acceptors (Lipinski definition) is 5. The number of rotatable bonds is 4. The molecule has 1 amide bonds. The van der Waals surface area contributed by atoms with Gasteiger partial charge in [0.1, 0.15) is 4.47 Å². The van der Waals surface area contributed by atoms with Gasteiger partial charge in [-0.05, 0) is 29.8 Å². The molecule has 0 spiro atoms. The molecule has 1 saturated heterocycles. The van der Waals surface area contributed by atoms with Crippen LogP contribution in [0.15, 0.2) is 15.5 Å². The van der Waals surface area contributed by atoms with E-state index in [4.69, 9.17) is 0 Å². The average Bonchev–Trinajstić information content (AvgIpc) is 2.49. The quantitative estimate of drug-likeness (QED) is 0.816. The zero-order valence-corrected chi connectivity index (χ0v) is 13.8. The predicted molar refractivity (Wildman–Crippen MR) is 84.5 cm³/mol. The molecule has 7 nitrogen and oxygen atoms in total. The van der Waals surface area contributed by atoms with Crippen LogP contribution >= 0.6 is 15.9 Å². The highest BCUT2D eigenvalue weighted by Crippen LogP contribution is 2.16. The lowest BCUT2D eigenvalue weighted by Crippen LogP contribution is -2.48. The van der Waals surface area contributed by atoms with Crippen LogP contribution in [0.4, 0.5) is 5.69 Å². The molecule has 0 radical (unpaired) electrons. The van der Waals surface area contributed by atoms with Crippen LogP contribution in [-0.4, -0.2) is 53.3 Å². The van der Waals surface area contributed by atoms with Crippen molar-refractivity contribution in [3.05, 3.63) is 21.0 Å². The highest BCUT2D eigenvalue weighted by atomic mass is 79.9. The van der Waals surface area contributed by atoms with Crippen LogP contribution < -0.4 is 16.2 Å². The summed E-state index contributed by atoms with van der Waals surface area (Å²) in [5.41, 5.74) is 0.338. The topological polar surface area (TPSA) is 79.3 Å². The standard InChI is InChI=1S/C13H20BrN5O2/c1-9(2)19-13(21)12(14)10(7-17-19)16-8-11(20)18-5-3-15-4-6-18/h7,9,15-16H,3-6,8H2,1-2H3. The molecule has 2 N–H and O–H groups in total. The summed E-state index contributed by atoms with van der Waals surface area (Å²) in [4.78, 5) is 26.0. The number of nitrogens with zero attached hydrogens (tertiary/aromatic N) is 3. The molecular formula is C13H20BrN5O2. The molecule has 2 heterocycles. The van der Waals surface area contributed by atoms with Gasteiger partial charge < -0.3 is 15.5 Å². The van der Waals surface area contributed by atoms with Crippen LogP contribution in [0.5, 0.6) is 0 Å². The first-order valence-electron chi connectivity index (χ1n) is 7.00. The molecule has 2 rings (SSSR count). The number of aromatic nitrogens is 2. The van der Waals surface area contributed by atoms with Gasteiger partial charge in [0.2, 0.25) is 5.91 Å². The van der Waals surface area contributed by atoms with Crippen molar-refractivity contribution >= 4 is 27.5 Å². The number of nitrogens with one attached hydrogen (secondary N) is 2. The Labute approximate surface area is 131 Å². The number of halogens is 1. The van der Waals surface area contributed by atoms with E-state index in [1.54, 1.807) is 11.1 Å². The molecule has 8 heteroatoms. The van der Waals surface area contributed by atoms with E-state index in [-0.39, 0.29) is 24.1 Å². The van der Waals surface area contributed by atoms with Gasteiger partial charge in [-0.3, -0.25) is 9.59 Å². The van der Waals surface area contributed by atoms with Gasteiger partial charge >= 0.3 is 0 Å². The third-order valence-corrected chi connectivity index (χ3v) is 4.10. The van der Waals surface area contributed by atoms with Crippen LogP contribution in [-0.2, 0) is 4.79 Å². The predicted octanol–water partition coefficient (Wildman–Crippen LogP) is 0.430. The van der Waals surface area contributed by atoms with E-state index in [1.165, 1.54) is 4.68 Å². The van der Waals surface area contributed by atoms with E-state index in [9.17, 15) is 9.59 Å². The summed E-state index contributed by atoms with van der Waals surface area (Å²) in [7, 11) is 0. The van der Waals surface area contributed by atoms with Crippen molar-refractivity contribution in [2.24, 2.45) is 0 Å². The van der Waals surface area contributed by atoms with Crippen molar-refractivity contribution < 1.29 is 4.79 Å². The highest BCUT2D eigenvalue weighted by Gasteiger charge is 2.17. The molecule has 0 atom stereocenters. The Kier molecular flexibility index (Phi) is 5.35. The van der Waals surface area contributed by atoms with E-state index >= 15 is 0 Å². The van der Waals surface area contributed by atoms with Crippen molar-refractivity contribution in [1.29, 1.82) is 0 Å². The van der Waals surface area contributed by atoms with Gasteiger partial charge in [0.05, 0.1) is 24.5 Å². The lowest BCUT2D eigenvalue weighted by molar-refractivity contribution is -0.129. The molecule has 0 aromatic carbocycles. The van der Waals surface area contributed by atoms with Crippen LogP contribution in [0.3, 0.4) is 0 Å². The Hall–Kier alpha value is -1.41. The van der Waals surface area contributed by atoms with Crippen molar-refractivity contribution in [2.75, 3.05) is 38.0 Å². The fourth-order valence-electron chi connectivity index (χ4n) is 2.13. The van der Waals surface area contributed by atoms with Crippen molar-refractivity contribution in [3.63, 3.8) is 0 Å². The summed E-state index contributed by atoms with van der Waals surface area (Å²) in [6, 6.07) is -0.00895. The first-order valence-corrected chi connectivity index (χ1v) is 7.79. The zero-order chi connectivity index (χ0) is 15.4. The zero-order valence-electron chi connectivity index (χ0n) is 12.2. The molecule has 1 aliphatic heterocycles. The monoisotopic (exact) mass is 357 g/mol. The van der Waals surface area contributed by atoms with E-state index in [2.05, 4.69) is 31.7 Å². The molecule has 1 aromatic rings. The normalized spacial score (nSPS) is 15.3. The van der Waals surface area contributed by atoms with Crippen LogP contribution in [0.2, 0.25) is 0 Å². The van der Waals surface area contributed by atoms with Crippen molar-refractivity contribution in [2.45, 2.75) is 19.9 Å². The fourth-order valence-corrected chi connectivity index (χ4v) is 2.56. The van der Waals surface area contributed by atoms with E-state index in [1.807, 2.05) is 13.8 Å². The Morgan fingerprint density at radius 3 is 2.76 bits per heavy atom. The summed E-state index contributed by atoms with van der Waals surface area (Å²) < 4.78 is 1.80. The number of anilines is 1. The lowest BCUT2D eigenvalue weighted by atomic mass is 10.3. The summed E-state index contributed by atoms with van der Waals surface area (Å²) in [5.74, 6) is 0.0245. The summed E-state index contributed by atoms with van der Waals surface area (Å²) in [5, 5.41) is 10.3. The minimum Gasteiger partial charge on any atom is -0.374 e. The van der Waals surface area contributed by atoms with E-state index < -0.39 is 0 Å². The second-order valence-electron chi connectivity index (χ2n) is 5.20. The minimum absolute atomic E-state index is 0.00895. The Morgan fingerprint density at radius 2 is 2.14 bits per heavy atom. The SMILES string of the molecule is CC(C)n1ncc(NCC(=O)N2CCNCC2)c(Br)c1=O. The molecule has 0 unspecified atom stereocenters. The number of piperazine rings is 1. The Bertz CT molecular complexity index is 566. The number of hydrogen-bond donors (Lipinski definition) is 2. The summed E-state index contributed by atoms with van der Waals surface area (Å²) in [6.45, 7) is 7.02. The lowest BCUT2D eigenvalue weighted by Gasteiger charge is -2.27. The maximum atomic E-state index is 12.1. The van der Waals surface area contributed by atoms with Crippen molar-refractivity contribution in [1.82, 2.24) is 20.0 Å². The summed E-state index contributed by atoms with van der Waals surface area (Å²) >= 11 is 3.27. The smallest absolute Gasteiger partial charge is 0.283 e. The molecule has 1 aromatic heterocycles. The molecule has 1 fully saturated rings. The van der Waals surface area contributed by atoms with Gasteiger partial charge in [0, 0.05) is 26.2 Å². The number of amides is 1. The molecule has 21 heavy (non-hydrogen) atoms. The van der Waals surface area contributed by atoms with Gasteiger partial charge in [-0.15, -0.1) is 0 Å². The third-order valence-electron chi connectivity index (χ3n) is 3.33. The number of carbonyl (C=O) groups excluding carboxylic acids is 1. The largest absolute Gasteiger partial charge is 0.374 e. The minimum atomic E-state index is -0.204. The Morgan fingerprint density at radius 1 is 1.48 bits per heavy atom. The summed E-state index contributed by atoms with van der Waals surface area (Å²) in [6.07, 6.45) is 1.57. The molecular weight excluding hydrogens is 338 g/mol. The van der Waals surface area contributed by atoms with Crippen LogP contribution in [0.25, 0.3) is 0 Å². The van der Waals surface area contributed by atoms with Gasteiger partial charge in [-0.2, -0.15) is 5.10 Å². The fraction of sp³-hybridized carbons (Fsp3) is 0.615. The van der Waals surface area contributed by atoms with Gasteiger partial charge in [0.25, 0.3) is 5.56 Å². The second kappa shape index (κ2) is 7.04. The van der Waals surface area contributed by atoms with Crippen molar-refractivity contribution in [3.8, 4) is 0 Å². The van der Waals surface area contributed by atoms with Gasteiger partial charge in [-0.25, -0.2) is 4.68 Å². The average molecular weight is 358 g/mol. The maximum Gasteiger partial charge on any atom is 0.283 e. The molecule has 0 saturated carbocycles. The van der Waals surface area contributed by atoms with E-state index in [0.29, 0.717) is 10.2 Å². The van der Waals surface area contributed by atoms with Gasteiger partial charge in [-0.1, -0.05) is 0 Å². The van der Waals surface area contributed by atoms with E-state index in [0.717, 1.165) is 26.2 Å². The second-order valence-corrected chi connectivity index (χ2v) is 5.99. The molecule has 0 aliphatic carbocycles. The van der Waals surface area contributed by atoms with Gasteiger partial charge in [0.15, 0.2) is 0 Å². The molecule has 0 bridgehead atoms. The number of carbonyl (C=O) groups is 1. The third kappa shape index (κ3) is 3.82. The molecule has 1 aliphatic rings.